The second-order valence-electron chi connectivity index (χ2n) is 8.60. The van der Waals surface area contributed by atoms with E-state index >= 15 is 0 Å². The fourth-order valence-corrected chi connectivity index (χ4v) is 6.54. The van der Waals surface area contributed by atoms with E-state index in [-0.39, 0.29) is 17.5 Å². The highest BCUT2D eigenvalue weighted by atomic mass is 35.5. The van der Waals surface area contributed by atoms with Crippen molar-refractivity contribution in [1.82, 2.24) is 4.90 Å². The van der Waals surface area contributed by atoms with Crippen molar-refractivity contribution in [2.45, 2.75) is 31.8 Å². The highest BCUT2D eigenvalue weighted by molar-refractivity contribution is 7.91. The van der Waals surface area contributed by atoms with Gasteiger partial charge >= 0.3 is 0 Å². The van der Waals surface area contributed by atoms with E-state index < -0.39 is 9.84 Å². The van der Waals surface area contributed by atoms with Gasteiger partial charge < -0.3 is 10.2 Å². The van der Waals surface area contributed by atoms with Gasteiger partial charge in [0.25, 0.3) is 0 Å². The number of benzene rings is 2. The Morgan fingerprint density at radius 2 is 1.62 bits per heavy atom. The zero-order valence-electron chi connectivity index (χ0n) is 18.0. The van der Waals surface area contributed by atoms with Gasteiger partial charge in [-0.15, -0.1) is 0 Å². The first kappa shape index (κ1) is 24.0. The van der Waals surface area contributed by atoms with Crippen LogP contribution in [0.1, 0.15) is 31.4 Å². The summed E-state index contributed by atoms with van der Waals surface area (Å²) >= 11 is 18.9. The summed E-state index contributed by atoms with van der Waals surface area (Å²) in [5.74, 6) is 0.574. The van der Waals surface area contributed by atoms with Gasteiger partial charge in [0.15, 0.2) is 9.84 Å². The Labute approximate surface area is 205 Å². The standard InChI is InChI=1S/C23H28Cl3N3O2S/c1-16(20-4-2-17(24)14-22(20)26)27-23-15-19(3-5-21(23)25)28-8-6-18(7-9-28)29-10-12-32(30,31)13-11-29/h2-5,14-16,18,27H,6-13H2,1H3. The van der Waals surface area contributed by atoms with Crippen LogP contribution in [0, 0.1) is 0 Å². The van der Waals surface area contributed by atoms with Crippen LogP contribution in [-0.2, 0) is 9.84 Å². The molecular formula is C23H28Cl3N3O2S. The van der Waals surface area contributed by atoms with Gasteiger partial charge in [-0.05, 0) is 55.7 Å². The summed E-state index contributed by atoms with van der Waals surface area (Å²) in [5.41, 5.74) is 2.96. The summed E-state index contributed by atoms with van der Waals surface area (Å²) in [6.45, 7) is 5.24. The molecule has 2 heterocycles. The minimum atomic E-state index is -2.84. The van der Waals surface area contributed by atoms with E-state index in [1.54, 1.807) is 6.07 Å². The predicted octanol–water partition coefficient (Wildman–Crippen LogP) is 5.52. The number of anilines is 2. The Morgan fingerprint density at radius 1 is 0.938 bits per heavy atom. The van der Waals surface area contributed by atoms with E-state index in [2.05, 4.69) is 27.2 Å². The molecule has 0 aliphatic carbocycles. The molecule has 2 aromatic rings. The van der Waals surface area contributed by atoms with Gasteiger partial charge in [-0.1, -0.05) is 40.9 Å². The summed E-state index contributed by atoms with van der Waals surface area (Å²) in [6, 6.07) is 12.0. The summed E-state index contributed by atoms with van der Waals surface area (Å²) < 4.78 is 23.4. The Morgan fingerprint density at radius 3 is 2.28 bits per heavy atom. The first-order valence-electron chi connectivity index (χ1n) is 10.9. The van der Waals surface area contributed by atoms with Crippen LogP contribution in [0.4, 0.5) is 11.4 Å². The highest BCUT2D eigenvalue weighted by Crippen LogP contribution is 2.34. The van der Waals surface area contributed by atoms with E-state index in [9.17, 15) is 8.42 Å². The van der Waals surface area contributed by atoms with Crippen LogP contribution in [0.3, 0.4) is 0 Å². The molecule has 2 aliphatic heterocycles. The van der Waals surface area contributed by atoms with E-state index in [1.807, 2.05) is 25.1 Å². The van der Waals surface area contributed by atoms with E-state index in [0.717, 1.165) is 42.9 Å². The zero-order chi connectivity index (χ0) is 22.9. The molecule has 0 amide bonds. The van der Waals surface area contributed by atoms with E-state index in [4.69, 9.17) is 34.8 Å². The van der Waals surface area contributed by atoms with Crippen molar-refractivity contribution in [3.63, 3.8) is 0 Å². The minimum absolute atomic E-state index is 0.0337. The van der Waals surface area contributed by atoms with Gasteiger partial charge in [0.05, 0.1) is 28.3 Å². The SMILES string of the molecule is CC(Nc1cc(N2CCC(N3CCS(=O)(=O)CC3)CC2)ccc1Cl)c1ccc(Cl)cc1Cl. The minimum Gasteiger partial charge on any atom is -0.377 e. The third kappa shape index (κ3) is 5.65. The van der Waals surface area contributed by atoms with Crippen LogP contribution in [0.5, 0.6) is 0 Å². The largest absolute Gasteiger partial charge is 0.377 e. The van der Waals surface area contributed by atoms with E-state index in [1.165, 1.54) is 0 Å². The molecule has 1 N–H and O–H groups in total. The van der Waals surface area contributed by atoms with Gasteiger partial charge in [-0.3, -0.25) is 4.90 Å². The van der Waals surface area contributed by atoms with Crippen molar-refractivity contribution in [3.8, 4) is 0 Å². The molecule has 1 unspecified atom stereocenters. The van der Waals surface area contributed by atoms with Crippen molar-refractivity contribution in [3.05, 3.63) is 57.0 Å². The first-order chi connectivity index (χ1) is 15.2. The maximum absolute atomic E-state index is 11.7. The lowest BCUT2D eigenvalue weighted by Crippen LogP contribution is -2.50. The fraction of sp³-hybridized carbons (Fsp3) is 0.478. The fourth-order valence-electron chi connectivity index (χ4n) is 4.57. The molecule has 2 aromatic carbocycles. The zero-order valence-corrected chi connectivity index (χ0v) is 21.1. The smallest absolute Gasteiger partial charge is 0.152 e. The van der Waals surface area contributed by atoms with Gasteiger partial charge in [0.2, 0.25) is 0 Å². The molecule has 32 heavy (non-hydrogen) atoms. The Kier molecular flexibility index (Phi) is 7.47. The molecule has 5 nitrogen and oxygen atoms in total. The van der Waals surface area contributed by atoms with Gasteiger partial charge in [-0.25, -0.2) is 8.42 Å². The normalized spacial score (nSPS) is 20.8. The molecule has 2 saturated heterocycles. The lowest BCUT2D eigenvalue weighted by atomic mass is 10.0. The van der Waals surface area contributed by atoms with Crippen LogP contribution in [0.2, 0.25) is 15.1 Å². The van der Waals surface area contributed by atoms with Crippen LogP contribution >= 0.6 is 34.8 Å². The topological polar surface area (TPSA) is 52.6 Å². The average Bonchev–Trinajstić information content (AvgIpc) is 2.75. The number of rotatable bonds is 5. The summed E-state index contributed by atoms with van der Waals surface area (Å²) in [7, 11) is -2.84. The number of hydrogen-bond donors (Lipinski definition) is 1. The maximum Gasteiger partial charge on any atom is 0.152 e. The Hall–Kier alpha value is -1.18. The van der Waals surface area contributed by atoms with Gasteiger partial charge in [0, 0.05) is 48.0 Å². The van der Waals surface area contributed by atoms with Gasteiger partial charge in [0.1, 0.15) is 0 Å². The molecule has 0 saturated carbocycles. The second kappa shape index (κ2) is 9.98. The molecule has 0 bridgehead atoms. The highest BCUT2D eigenvalue weighted by Gasteiger charge is 2.29. The first-order valence-corrected chi connectivity index (χ1v) is 13.9. The van der Waals surface area contributed by atoms with Gasteiger partial charge in [-0.2, -0.15) is 0 Å². The lowest BCUT2D eigenvalue weighted by Gasteiger charge is -2.41. The van der Waals surface area contributed by atoms with Crippen molar-refractivity contribution < 1.29 is 8.42 Å². The number of piperidine rings is 1. The van der Waals surface area contributed by atoms with Crippen molar-refractivity contribution in [2.75, 3.05) is 47.9 Å². The number of nitrogens with one attached hydrogen (secondary N) is 1. The van der Waals surface area contributed by atoms with Crippen LogP contribution in [-0.4, -0.2) is 57.0 Å². The molecule has 0 radical (unpaired) electrons. The third-order valence-corrected chi connectivity index (χ3v) is 8.98. The number of nitrogens with zero attached hydrogens (tertiary/aromatic N) is 2. The second-order valence-corrected chi connectivity index (χ2v) is 12.2. The number of hydrogen-bond acceptors (Lipinski definition) is 5. The summed E-state index contributed by atoms with van der Waals surface area (Å²) in [6.07, 6.45) is 2.06. The Balaban J connectivity index is 1.40. The average molecular weight is 517 g/mol. The van der Waals surface area contributed by atoms with Crippen molar-refractivity contribution in [2.24, 2.45) is 0 Å². The van der Waals surface area contributed by atoms with E-state index in [0.29, 0.717) is 34.2 Å². The number of sulfone groups is 1. The molecule has 4 rings (SSSR count). The lowest BCUT2D eigenvalue weighted by molar-refractivity contribution is 0.182. The maximum atomic E-state index is 11.7. The van der Waals surface area contributed by atoms with Crippen molar-refractivity contribution in [1.29, 1.82) is 0 Å². The monoisotopic (exact) mass is 515 g/mol. The molecular weight excluding hydrogens is 489 g/mol. The molecule has 174 valence electrons. The quantitative estimate of drug-likeness (QED) is 0.567. The predicted molar refractivity (Wildman–Crippen MR) is 135 cm³/mol. The molecule has 2 fully saturated rings. The third-order valence-electron chi connectivity index (χ3n) is 6.48. The van der Waals surface area contributed by atoms with Crippen LogP contribution in [0.25, 0.3) is 0 Å². The summed E-state index contributed by atoms with van der Waals surface area (Å²) in [5, 5.41) is 5.38. The molecule has 2 aliphatic rings. The molecule has 1 atom stereocenters. The Bertz CT molecular complexity index is 1060. The van der Waals surface area contributed by atoms with Crippen molar-refractivity contribution >= 4 is 56.0 Å². The number of halogens is 3. The molecule has 0 aromatic heterocycles. The van der Waals surface area contributed by atoms with Crippen LogP contribution in [0.15, 0.2) is 36.4 Å². The molecule has 9 heteroatoms. The molecule has 0 spiro atoms. The van der Waals surface area contributed by atoms with Crippen LogP contribution < -0.4 is 10.2 Å². The summed E-state index contributed by atoms with van der Waals surface area (Å²) in [4.78, 5) is 4.73.